The largest absolute Gasteiger partial charge is 0.354 e. The molecule has 1 unspecified atom stereocenters. The minimum atomic E-state index is -0.411. The Morgan fingerprint density at radius 3 is 2.34 bits per heavy atom. The highest BCUT2D eigenvalue weighted by Gasteiger charge is 2.34. The molecular formula is C22H24BrN3O3. The third-order valence-electron chi connectivity index (χ3n) is 4.86. The second kappa shape index (κ2) is 9.69. The van der Waals surface area contributed by atoms with Crippen LogP contribution in [0.2, 0.25) is 0 Å². The zero-order valence-electron chi connectivity index (χ0n) is 16.3. The van der Waals surface area contributed by atoms with Gasteiger partial charge in [-0.15, -0.1) is 0 Å². The lowest BCUT2D eigenvalue weighted by Gasteiger charge is -2.24. The van der Waals surface area contributed by atoms with Gasteiger partial charge in [-0.1, -0.05) is 22.9 Å². The molecule has 7 heteroatoms. The Morgan fingerprint density at radius 1 is 1.03 bits per heavy atom. The molecule has 3 rings (SSSR count). The Morgan fingerprint density at radius 2 is 1.69 bits per heavy atom. The first kappa shape index (κ1) is 21.0. The van der Waals surface area contributed by atoms with Crippen LogP contribution in [0.3, 0.4) is 0 Å². The van der Waals surface area contributed by atoms with E-state index in [0.29, 0.717) is 36.3 Å². The van der Waals surface area contributed by atoms with Crippen LogP contribution >= 0.6 is 15.9 Å². The molecule has 3 amide bonds. The number of hydrogen-bond donors (Lipinski definition) is 2. The molecule has 1 aliphatic heterocycles. The zero-order chi connectivity index (χ0) is 20.8. The Labute approximate surface area is 178 Å². The van der Waals surface area contributed by atoms with Gasteiger partial charge in [0.2, 0.25) is 5.91 Å². The molecule has 1 fully saturated rings. The Balaban J connectivity index is 1.64. The summed E-state index contributed by atoms with van der Waals surface area (Å²) in [5.41, 5.74) is 1.65. The van der Waals surface area contributed by atoms with Crippen LogP contribution in [0.4, 0.5) is 5.69 Å². The van der Waals surface area contributed by atoms with Crippen molar-refractivity contribution in [2.75, 3.05) is 18.4 Å². The number of hydrogen-bond acceptors (Lipinski definition) is 3. The minimum absolute atomic E-state index is 0.0870. The molecule has 1 atom stereocenters. The highest BCUT2D eigenvalue weighted by molar-refractivity contribution is 9.10. The molecule has 152 valence electrons. The number of carbonyl (C=O) groups excluding carboxylic acids is 3. The fraction of sp³-hybridized carbons (Fsp3) is 0.318. The predicted octanol–water partition coefficient (Wildman–Crippen LogP) is 3.83. The average molecular weight is 458 g/mol. The van der Waals surface area contributed by atoms with E-state index in [1.165, 1.54) is 0 Å². The lowest BCUT2D eigenvalue weighted by Crippen LogP contribution is -2.46. The Bertz CT molecular complexity index is 881. The van der Waals surface area contributed by atoms with E-state index in [-0.39, 0.29) is 17.7 Å². The highest BCUT2D eigenvalue weighted by atomic mass is 79.9. The fourth-order valence-corrected chi connectivity index (χ4v) is 3.58. The number of carbonyl (C=O) groups is 3. The molecule has 0 saturated carbocycles. The molecule has 0 aromatic heterocycles. The van der Waals surface area contributed by atoms with Crippen LogP contribution in [-0.2, 0) is 4.79 Å². The van der Waals surface area contributed by atoms with E-state index in [1.807, 2.05) is 6.92 Å². The summed E-state index contributed by atoms with van der Waals surface area (Å²) in [7, 11) is 0. The van der Waals surface area contributed by atoms with E-state index >= 15 is 0 Å². The van der Waals surface area contributed by atoms with Crippen LogP contribution in [0.5, 0.6) is 0 Å². The van der Waals surface area contributed by atoms with Crippen molar-refractivity contribution in [3.8, 4) is 0 Å². The number of halogens is 1. The van der Waals surface area contributed by atoms with Crippen LogP contribution in [-0.4, -0.2) is 41.8 Å². The summed E-state index contributed by atoms with van der Waals surface area (Å²) in [6, 6.07) is 13.4. The second-order valence-corrected chi connectivity index (χ2v) is 7.90. The molecule has 29 heavy (non-hydrogen) atoms. The molecule has 0 spiro atoms. The van der Waals surface area contributed by atoms with Crippen molar-refractivity contribution in [1.29, 1.82) is 0 Å². The van der Waals surface area contributed by atoms with E-state index in [9.17, 15) is 14.4 Å². The molecule has 1 saturated heterocycles. The SMILES string of the molecule is CCCNC(=O)C1CCCN1C(=O)c1ccc(NC(=O)c2ccc(Br)cc2)cc1. The molecule has 1 heterocycles. The summed E-state index contributed by atoms with van der Waals surface area (Å²) in [5.74, 6) is -0.468. The van der Waals surface area contributed by atoms with Gasteiger partial charge in [-0.25, -0.2) is 0 Å². The van der Waals surface area contributed by atoms with Crippen LogP contribution in [0, 0.1) is 0 Å². The van der Waals surface area contributed by atoms with Crippen molar-refractivity contribution in [3.63, 3.8) is 0 Å². The van der Waals surface area contributed by atoms with Gasteiger partial charge >= 0.3 is 0 Å². The number of rotatable bonds is 6. The molecule has 6 nitrogen and oxygen atoms in total. The first-order valence-electron chi connectivity index (χ1n) is 9.75. The summed E-state index contributed by atoms with van der Waals surface area (Å²) < 4.78 is 0.903. The number of benzene rings is 2. The Hall–Kier alpha value is -2.67. The lowest BCUT2D eigenvalue weighted by molar-refractivity contribution is -0.124. The van der Waals surface area contributed by atoms with E-state index in [2.05, 4.69) is 26.6 Å². The van der Waals surface area contributed by atoms with Gasteiger partial charge in [0.25, 0.3) is 11.8 Å². The van der Waals surface area contributed by atoms with Gasteiger partial charge in [0.15, 0.2) is 0 Å². The van der Waals surface area contributed by atoms with Gasteiger partial charge in [-0.05, 0) is 67.8 Å². The number of nitrogens with one attached hydrogen (secondary N) is 2. The molecule has 0 aliphatic carbocycles. The highest BCUT2D eigenvalue weighted by Crippen LogP contribution is 2.21. The summed E-state index contributed by atoms with van der Waals surface area (Å²) in [5, 5.41) is 5.70. The summed E-state index contributed by atoms with van der Waals surface area (Å²) in [4.78, 5) is 39.2. The van der Waals surface area contributed by atoms with E-state index in [1.54, 1.807) is 53.4 Å². The molecule has 2 N–H and O–H groups in total. The van der Waals surface area contributed by atoms with Crippen molar-refractivity contribution in [3.05, 3.63) is 64.1 Å². The van der Waals surface area contributed by atoms with Crippen molar-refractivity contribution in [1.82, 2.24) is 10.2 Å². The van der Waals surface area contributed by atoms with Gasteiger partial charge in [0.05, 0.1) is 0 Å². The molecule has 2 aromatic carbocycles. The minimum Gasteiger partial charge on any atom is -0.354 e. The Kier molecular flexibility index (Phi) is 7.04. The topological polar surface area (TPSA) is 78.5 Å². The quantitative estimate of drug-likeness (QED) is 0.691. The van der Waals surface area contributed by atoms with Gasteiger partial charge in [0, 0.05) is 34.4 Å². The van der Waals surface area contributed by atoms with Crippen LogP contribution in [0.25, 0.3) is 0 Å². The van der Waals surface area contributed by atoms with Crippen molar-refractivity contribution < 1.29 is 14.4 Å². The standard InChI is InChI=1S/C22H24BrN3O3/c1-2-13-24-21(28)19-4-3-14-26(19)22(29)16-7-11-18(12-8-16)25-20(27)15-5-9-17(23)10-6-15/h5-12,19H,2-4,13-14H2,1H3,(H,24,28)(H,25,27). The number of nitrogens with zero attached hydrogens (tertiary/aromatic N) is 1. The van der Waals surface area contributed by atoms with Crippen LogP contribution in [0.15, 0.2) is 53.0 Å². The number of likely N-dealkylation sites (tertiary alicyclic amines) is 1. The fourth-order valence-electron chi connectivity index (χ4n) is 3.31. The smallest absolute Gasteiger partial charge is 0.255 e. The first-order valence-corrected chi connectivity index (χ1v) is 10.5. The zero-order valence-corrected chi connectivity index (χ0v) is 17.9. The monoisotopic (exact) mass is 457 g/mol. The third-order valence-corrected chi connectivity index (χ3v) is 5.39. The van der Waals surface area contributed by atoms with Gasteiger partial charge in [-0.3, -0.25) is 14.4 Å². The van der Waals surface area contributed by atoms with Gasteiger partial charge in [-0.2, -0.15) is 0 Å². The van der Waals surface area contributed by atoms with Crippen molar-refractivity contribution in [2.24, 2.45) is 0 Å². The summed E-state index contributed by atoms with van der Waals surface area (Å²) >= 11 is 3.34. The van der Waals surface area contributed by atoms with Gasteiger partial charge in [0.1, 0.15) is 6.04 Å². The second-order valence-electron chi connectivity index (χ2n) is 6.99. The van der Waals surface area contributed by atoms with E-state index < -0.39 is 6.04 Å². The molecule has 2 aromatic rings. The van der Waals surface area contributed by atoms with Crippen molar-refractivity contribution >= 4 is 39.3 Å². The number of amides is 3. The predicted molar refractivity (Wildman–Crippen MR) is 116 cm³/mol. The molecular weight excluding hydrogens is 434 g/mol. The normalized spacial score (nSPS) is 15.8. The maximum atomic E-state index is 12.9. The summed E-state index contributed by atoms with van der Waals surface area (Å²) in [6.45, 7) is 3.18. The summed E-state index contributed by atoms with van der Waals surface area (Å²) in [6.07, 6.45) is 2.36. The van der Waals surface area contributed by atoms with Crippen LogP contribution < -0.4 is 10.6 Å². The average Bonchev–Trinajstić information content (AvgIpc) is 3.22. The van der Waals surface area contributed by atoms with E-state index in [0.717, 1.165) is 17.3 Å². The molecule has 0 bridgehead atoms. The molecule has 0 radical (unpaired) electrons. The first-order chi connectivity index (χ1) is 14.0. The molecule has 1 aliphatic rings. The van der Waals surface area contributed by atoms with Crippen LogP contribution in [0.1, 0.15) is 46.9 Å². The van der Waals surface area contributed by atoms with Gasteiger partial charge < -0.3 is 15.5 Å². The third kappa shape index (κ3) is 5.23. The maximum Gasteiger partial charge on any atom is 0.255 e. The number of anilines is 1. The van der Waals surface area contributed by atoms with E-state index in [4.69, 9.17) is 0 Å². The maximum absolute atomic E-state index is 12.9. The van der Waals surface area contributed by atoms with Crippen molar-refractivity contribution in [2.45, 2.75) is 32.2 Å². The lowest BCUT2D eigenvalue weighted by atomic mass is 10.1.